The highest BCUT2D eigenvalue weighted by Gasteiger charge is 2.13. The minimum absolute atomic E-state index is 0. The Balaban J connectivity index is 0.00000341. The summed E-state index contributed by atoms with van der Waals surface area (Å²) in [5.41, 5.74) is 9.44. The number of aliphatic imine (C=N–C) groups is 1. The Bertz CT molecular complexity index is 977. The monoisotopic (exact) mass is 528 g/mol. The summed E-state index contributed by atoms with van der Waals surface area (Å²) in [7, 11) is 1.75. The number of hydrogen-bond acceptors (Lipinski definition) is 2. The molecule has 3 aromatic carbocycles. The Kier molecular flexibility index (Phi) is 10.0. The van der Waals surface area contributed by atoms with E-state index in [0.29, 0.717) is 24.0 Å². The van der Waals surface area contributed by atoms with Gasteiger partial charge in [0.25, 0.3) is 0 Å². The van der Waals surface area contributed by atoms with Crippen LogP contribution in [0.15, 0.2) is 89.9 Å². The number of amides is 1. The number of nitrogens with two attached hydrogens (primary N) is 1. The summed E-state index contributed by atoms with van der Waals surface area (Å²) in [6.45, 7) is 1.30. The van der Waals surface area contributed by atoms with Crippen LogP contribution in [0.3, 0.4) is 0 Å². The quantitative estimate of drug-likeness (QED) is 0.234. The molecular weight excluding hydrogens is 499 g/mol. The number of nitrogens with zero attached hydrogens (tertiary/aromatic N) is 1. The van der Waals surface area contributed by atoms with E-state index in [1.165, 1.54) is 11.1 Å². The lowest BCUT2D eigenvalue weighted by molar-refractivity contribution is 0.1000. The number of guanidine groups is 1. The highest BCUT2D eigenvalue weighted by molar-refractivity contribution is 14.0. The second kappa shape index (κ2) is 12.7. The second-order valence-corrected chi connectivity index (χ2v) is 7.17. The van der Waals surface area contributed by atoms with Gasteiger partial charge in [0.1, 0.15) is 0 Å². The van der Waals surface area contributed by atoms with Crippen LogP contribution in [0, 0.1) is 0 Å². The third kappa shape index (κ3) is 7.71. The van der Waals surface area contributed by atoms with Crippen molar-refractivity contribution in [2.75, 3.05) is 13.6 Å². The summed E-state index contributed by atoms with van der Waals surface area (Å²) in [4.78, 5) is 15.7. The van der Waals surface area contributed by atoms with Gasteiger partial charge in [-0.1, -0.05) is 72.8 Å². The zero-order chi connectivity index (χ0) is 21.2. The van der Waals surface area contributed by atoms with Crippen molar-refractivity contribution in [2.45, 2.75) is 18.9 Å². The summed E-state index contributed by atoms with van der Waals surface area (Å²) in [5, 5.41) is 6.75. The zero-order valence-electron chi connectivity index (χ0n) is 17.6. The minimum Gasteiger partial charge on any atom is -0.366 e. The number of carbonyl (C=O) groups excluding carboxylic acids is 1. The van der Waals surface area contributed by atoms with Gasteiger partial charge in [0.15, 0.2) is 5.96 Å². The number of primary amides is 1. The van der Waals surface area contributed by atoms with Gasteiger partial charge < -0.3 is 16.4 Å². The maximum Gasteiger partial charge on any atom is 0.248 e. The molecule has 0 bridgehead atoms. The first-order valence-corrected chi connectivity index (χ1v) is 10.1. The molecule has 6 heteroatoms. The average Bonchev–Trinajstić information content (AvgIpc) is 2.79. The molecule has 0 aliphatic rings. The van der Waals surface area contributed by atoms with Crippen LogP contribution in [0.25, 0.3) is 0 Å². The van der Waals surface area contributed by atoms with E-state index in [2.05, 4.69) is 64.2 Å². The molecule has 162 valence electrons. The van der Waals surface area contributed by atoms with Crippen molar-refractivity contribution >= 4 is 35.8 Å². The van der Waals surface area contributed by atoms with Crippen LogP contribution in [0.1, 0.15) is 33.0 Å². The van der Waals surface area contributed by atoms with E-state index in [4.69, 9.17) is 5.73 Å². The molecule has 31 heavy (non-hydrogen) atoms. The van der Waals surface area contributed by atoms with Crippen LogP contribution in [-0.2, 0) is 13.0 Å². The van der Waals surface area contributed by atoms with E-state index in [1.807, 2.05) is 24.3 Å². The van der Waals surface area contributed by atoms with E-state index in [9.17, 15) is 4.79 Å². The van der Waals surface area contributed by atoms with Gasteiger partial charge in [-0.15, -0.1) is 24.0 Å². The molecule has 0 aliphatic heterocycles. The summed E-state index contributed by atoms with van der Waals surface area (Å²) >= 11 is 0. The van der Waals surface area contributed by atoms with Crippen LogP contribution in [0.5, 0.6) is 0 Å². The molecule has 5 nitrogen and oxygen atoms in total. The number of rotatable bonds is 8. The smallest absolute Gasteiger partial charge is 0.248 e. The van der Waals surface area contributed by atoms with Gasteiger partial charge in [-0.25, -0.2) is 0 Å². The summed E-state index contributed by atoms with van der Waals surface area (Å²) < 4.78 is 0. The van der Waals surface area contributed by atoms with Crippen LogP contribution in [-0.4, -0.2) is 25.5 Å². The number of nitrogens with one attached hydrogen (secondary N) is 2. The van der Waals surface area contributed by atoms with Crippen LogP contribution in [0.2, 0.25) is 0 Å². The lowest BCUT2D eigenvalue weighted by atomic mass is 9.92. The third-order valence-electron chi connectivity index (χ3n) is 5.01. The predicted molar refractivity (Wildman–Crippen MR) is 138 cm³/mol. The molecule has 0 saturated heterocycles. The van der Waals surface area contributed by atoms with Crippen molar-refractivity contribution in [3.8, 4) is 0 Å². The maximum absolute atomic E-state index is 11.4. The molecular formula is C25H29IN4O. The molecule has 3 rings (SSSR count). The van der Waals surface area contributed by atoms with Gasteiger partial charge in [-0.3, -0.25) is 9.79 Å². The van der Waals surface area contributed by atoms with Crippen molar-refractivity contribution in [1.29, 1.82) is 0 Å². The standard InChI is InChI=1S/C25H28N4O.HI/c1-27-25(28-17-20-11-8-14-22(16-20)24(26)30)29-18-23(21-12-6-3-7-13-21)15-19-9-4-2-5-10-19;/h2-14,16,23H,15,17-18H2,1H3,(H2,26,30)(H2,27,28,29);1H. The molecule has 3 aromatic rings. The average molecular weight is 528 g/mol. The highest BCUT2D eigenvalue weighted by Crippen LogP contribution is 2.20. The maximum atomic E-state index is 11.4. The Morgan fingerprint density at radius 3 is 2.19 bits per heavy atom. The molecule has 4 N–H and O–H groups in total. The van der Waals surface area contributed by atoms with E-state index < -0.39 is 5.91 Å². The summed E-state index contributed by atoms with van der Waals surface area (Å²) in [6.07, 6.45) is 0.940. The fourth-order valence-electron chi connectivity index (χ4n) is 3.39. The van der Waals surface area contributed by atoms with Crippen LogP contribution < -0.4 is 16.4 Å². The molecule has 0 saturated carbocycles. The molecule has 0 heterocycles. The Hall–Kier alpha value is -2.87. The minimum atomic E-state index is -0.425. The predicted octanol–water partition coefficient (Wildman–Crippen LogP) is 4.10. The Morgan fingerprint density at radius 1 is 0.903 bits per heavy atom. The largest absolute Gasteiger partial charge is 0.366 e. The van der Waals surface area contributed by atoms with Crippen molar-refractivity contribution < 1.29 is 4.79 Å². The van der Waals surface area contributed by atoms with Crippen LogP contribution in [0.4, 0.5) is 0 Å². The lowest BCUT2D eigenvalue weighted by Crippen LogP contribution is -2.39. The van der Waals surface area contributed by atoms with Gasteiger partial charge in [-0.2, -0.15) is 0 Å². The van der Waals surface area contributed by atoms with Gasteiger partial charge in [0.05, 0.1) is 0 Å². The number of carbonyl (C=O) groups is 1. The van der Waals surface area contributed by atoms with E-state index in [1.54, 1.807) is 19.2 Å². The molecule has 0 fully saturated rings. The van der Waals surface area contributed by atoms with Crippen molar-refractivity contribution in [3.05, 3.63) is 107 Å². The van der Waals surface area contributed by atoms with Gasteiger partial charge >= 0.3 is 0 Å². The zero-order valence-corrected chi connectivity index (χ0v) is 20.0. The van der Waals surface area contributed by atoms with Gasteiger partial charge in [0, 0.05) is 31.6 Å². The SMILES string of the molecule is CN=C(NCc1cccc(C(N)=O)c1)NCC(Cc1ccccc1)c1ccccc1.I. The molecule has 1 unspecified atom stereocenters. The molecule has 1 atom stereocenters. The molecule has 0 aliphatic carbocycles. The van der Waals surface area contributed by atoms with Crippen molar-refractivity contribution in [1.82, 2.24) is 10.6 Å². The fourth-order valence-corrected chi connectivity index (χ4v) is 3.39. The normalized spacial score (nSPS) is 11.8. The first-order valence-electron chi connectivity index (χ1n) is 10.1. The number of benzene rings is 3. The van der Waals surface area contributed by atoms with Gasteiger partial charge in [-0.05, 0) is 35.2 Å². The van der Waals surface area contributed by atoms with Crippen molar-refractivity contribution in [3.63, 3.8) is 0 Å². The van der Waals surface area contributed by atoms with E-state index in [0.717, 1.165) is 18.5 Å². The van der Waals surface area contributed by atoms with Crippen LogP contribution >= 0.6 is 24.0 Å². The Morgan fingerprint density at radius 2 is 1.55 bits per heavy atom. The molecule has 0 radical (unpaired) electrons. The topological polar surface area (TPSA) is 79.5 Å². The molecule has 0 spiro atoms. The number of halogens is 1. The highest BCUT2D eigenvalue weighted by atomic mass is 127. The summed E-state index contributed by atoms with van der Waals surface area (Å²) in [6, 6.07) is 28.3. The van der Waals surface area contributed by atoms with E-state index in [-0.39, 0.29) is 24.0 Å². The fraction of sp³-hybridized carbons (Fsp3) is 0.200. The lowest BCUT2D eigenvalue weighted by Gasteiger charge is -2.20. The Labute approximate surface area is 201 Å². The number of hydrogen-bond donors (Lipinski definition) is 3. The van der Waals surface area contributed by atoms with Crippen molar-refractivity contribution in [2.24, 2.45) is 10.7 Å². The van der Waals surface area contributed by atoms with Gasteiger partial charge in [0.2, 0.25) is 5.91 Å². The molecule has 0 aromatic heterocycles. The molecule has 1 amide bonds. The summed E-state index contributed by atoms with van der Waals surface area (Å²) in [5.74, 6) is 0.602. The second-order valence-electron chi connectivity index (χ2n) is 7.17. The first-order chi connectivity index (χ1) is 14.7. The third-order valence-corrected chi connectivity index (χ3v) is 5.01. The first kappa shape index (κ1) is 24.4. The van der Waals surface area contributed by atoms with E-state index >= 15 is 0 Å².